The monoisotopic (exact) mass is 1460 g/mol. The molecule has 0 aliphatic carbocycles. The van der Waals surface area contributed by atoms with Gasteiger partial charge in [0.15, 0.2) is 0 Å². The van der Waals surface area contributed by atoms with E-state index in [1.165, 1.54) is 24.3 Å². The van der Waals surface area contributed by atoms with Crippen LogP contribution in [0.5, 0.6) is 11.5 Å². The average Bonchev–Trinajstić information content (AvgIpc) is 0.797. The van der Waals surface area contributed by atoms with E-state index < -0.39 is 43.0 Å². The van der Waals surface area contributed by atoms with Gasteiger partial charge in [0.2, 0.25) is 23.8 Å². The number of hydrogen-bond donors (Lipinski definition) is 4. The summed E-state index contributed by atoms with van der Waals surface area (Å²) in [5, 5.41) is 6.33. The van der Waals surface area contributed by atoms with E-state index >= 15 is 0 Å². The van der Waals surface area contributed by atoms with Crippen LogP contribution in [0.3, 0.4) is 0 Å². The Morgan fingerprint density at radius 2 is 0.853 bits per heavy atom. The van der Waals surface area contributed by atoms with Crippen LogP contribution in [0.2, 0.25) is 0 Å². The van der Waals surface area contributed by atoms with Crippen molar-refractivity contribution in [2.75, 3.05) is 87.3 Å². The van der Waals surface area contributed by atoms with Gasteiger partial charge in [0.05, 0.1) is 40.6 Å². The SMILES string of the molecule is C.C.COS(=O)(=O)c1cc(Cc2nc(Cc3ccccc3)nc(N3CCOCC3)n2)ccc1/C=C/c1ccc(Nc2nc(Nc3ccccc3)nc(N3CCOCC3)n2)cc1S(=O)(=O)OC.O=S(O)Oc1ccccc1/C=C/c1ccc(-c2ccc(/C=C/c3ccccc3OS(=O)O)cc2)cc1. The molecule has 0 saturated carbocycles. The number of ether oxygens (including phenoxy) is 2. The summed E-state index contributed by atoms with van der Waals surface area (Å²) in [6.07, 6.45) is 11.2. The number of morpholine rings is 2. The highest BCUT2D eigenvalue weighted by molar-refractivity contribution is 7.87. The van der Waals surface area contributed by atoms with Crippen molar-refractivity contribution < 1.29 is 60.6 Å². The predicted octanol–water partition coefficient (Wildman–Crippen LogP) is 13.2. The molecule has 24 nitrogen and oxygen atoms in total. The lowest BCUT2D eigenvalue weighted by Crippen LogP contribution is -2.37. The van der Waals surface area contributed by atoms with Gasteiger partial charge in [-0.25, -0.2) is 4.98 Å². The summed E-state index contributed by atoms with van der Waals surface area (Å²) in [6, 6.07) is 58.9. The maximum absolute atomic E-state index is 13.4. The van der Waals surface area contributed by atoms with E-state index in [0.29, 0.717) is 116 Å². The van der Waals surface area contributed by atoms with Gasteiger partial charge in [0.25, 0.3) is 20.2 Å². The molecule has 2 atom stereocenters. The van der Waals surface area contributed by atoms with Gasteiger partial charge in [-0.3, -0.25) is 17.5 Å². The van der Waals surface area contributed by atoms with Crippen LogP contribution in [0, 0.1) is 0 Å². The van der Waals surface area contributed by atoms with Crippen LogP contribution < -0.4 is 28.8 Å². The summed E-state index contributed by atoms with van der Waals surface area (Å²) >= 11 is -4.76. The third-order valence-corrected chi connectivity index (χ3v) is 18.8. The molecule has 2 unspecified atom stereocenters. The van der Waals surface area contributed by atoms with Gasteiger partial charge >= 0.3 is 22.7 Å². The lowest BCUT2D eigenvalue weighted by Gasteiger charge is -2.27. The van der Waals surface area contributed by atoms with Crippen LogP contribution in [-0.2, 0) is 73.6 Å². The smallest absolute Gasteiger partial charge is 0.357 e. The molecule has 2 saturated heterocycles. The van der Waals surface area contributed by atoms with Crippen LogP contribution >= 0.6 is 0 Å². The fraction of sp³-hybridized carbons (Fsp3) is 0.189. The van der Waals surface area contributed by atoms with Crippen molar-refractivity contribution in [1.82, 2.24) is 29.9 Å². The molecule has 12 rings (SSSR count). The fourth-order valence-corrected chi connectivity index (χ4v) is 12.9. The molecule has 0 bridgehead atoms. The zero-order valence-corrected chi connectivity index (χ0v) is 57.3. The standard InChI is InChI=1S/C44H46N10O8S2.C28H22O6S2.2CH4/c1-59-63(55,56)37-27-32(29-40-47-39(28-31-9-5-3-6-10-31)48-43(49-40)53-19-23-61-24-20-53)13-14-33(37)15-16-34-17-18-36(30-38(34)64(57,58)60-2)46-42-50-41(45-35-11-7-4-8-12-35)51-44(52-42)54-21-25-62-26-22-54;29-35(30)33-27-7-3-1-5-25(27)19-13-21-9-15-23(16-10-21)24-17-11-22(12-18-24)14-20-26-6-2-4-8-28(26)34-36(31)32;;/h3-18,27,30H,19-26,28-29H2,1-2H3,(H2,45,46,50,51,52);1-20H,(H,29,30)(H,31,32);2*1H4/b16-15+;19-13+,20-14+;;. The Labute approximate surface area is 599 Å². The first kappa shape index (κ1) is 76.0. The fourth-order valence-electron chi connectivity index (χ4n) is 10.5. The number of rotatable bonds is 25. The largest absolute Gasteiger partial charge is 0.379 e. The minimum absolute atomic E-state index is 0. The first-order valence-electron chi connectivity index (χ1n) is 31.2. The van der Waals surface area contributed by atoms with E-state index in [4.69, 9.17) is 50.3 Å². The Hall–Kier alpha value is -10.2. The van der Waals surface area contributed by atoms with Crippen LogP contribution in [0.1, 0.15) is 71.0 Å². The number of aromatic nitrogens is 6. The lowest BCUT2D eigenvalue weighted by atomic mass is 10.0. The molecule has 0 amide bonds. The van der Waals surface area contributed by atoms with Crippen molar-refractivity contribution in [2.45, 2.75) is 37.5 Å². The Morgan fingerprint density at radius 3 is 1.33 bits per heavy atom. The summed E-state index contributed by atoms with van der Waals surface area (Å²) < 4.78 is 124. The second-order valence-corrected chi connectivity index (χ2v) is 26.8. The van der Waals surface area contributed by atoms with E-state index in [1.807, 2.05) is 168 Å². The molecule has 530 valence electrons. The number of nitrogens with one attached hydrogen (secondary N) is 2. The molecule has 2 aromatic heterocycles. The zero-order chi connectivity index (χ0) is 69.9. The molecule has 102 heavy (non-hydrogen) atoms. The molecule has 0 spiro atoms. The zero-order valence-electron chi connectivity index (χ0n) is 54.0. The molecular weight excluding hydrogens is 1380 g/mol. The van der Waals surface area contributed by atoms with E-state index in [1.54, 1.807) is 48.5 Å². The van der Waals surface area contributed by atoms with Crippen LogP contribution in [0.4, 0.5) is 35.2 Å². The highest BCUT2D eigenvalue weighted by atomic mass is 32.2. The molecule has 0 radical (unpaired) electrons. The van der Waals surface area contributed by atoms with Gasteiger partial charge in [-0.1, -0.05) is 203 Å². The minimum atomic E-state index is -4.29. The van der Waals surface area contributed by atoms with Gasteiger partial charge in [-0.2, -0.15) is 50.2 Å². The molecule has 2 fully saturated rings. The van der Waals surface area contributed by atoms with E-state index in [0.717, 1.165) is 47.7 Å². The van der Waals surface area contributed by atoms with E-state index in [9.17, 15) is 25.3 Å². The van der Waals surface area contributed by atoms with Gasteiger partial charge in [0.1, 0.15) is 32.9 Å². The average molecular weight is 1460 g/mol. The van der Waals surface area contributed by atoms with Gasteiger partial charge in [-0.05, 0) is 87.0 Å². The van der Waals surface area contributed by atoms with Crippen molar-refractivity contribution in [2.24, 2.45) is 0 Å². The normalized spacial score (nSPS) is 13.9. The number of para-hydroxylation sites is 3. The molecule has 4 heterocycles. The molecule has 2 aliphatic heterocycles. The van der Waals surface area contributed by atoms with Crippen molar-refractivity contribution in [3.05, 3.63) is 250 Å². The summed E-state index contributed by atoms with van der Waals surface area (Å²) in [4.78, 5) is 31.9. The quantitative estimate of drug-likeness (QED) is 0.0235. The maximum atomic E-state index is 13.4. The second kappa shape index (κ2) is 36.4. The van der Waals surface area contributed by atoms with Gasteiger partial charge < -0.3 is 38.3 Å². The maximum Gasteiger partial charge on any atom is 0.357 e. The summed E-state index contributed by atoms with van der Waals surface area (Å²) in [7, 11) is -6.40. The first-order valence-corrected chi connectivity index (χ1v) is 36.1. The lowest BCUT2D eigenvalue weighted by molar-refractivity contribution is 0.122. The predicted molar refractivity (Wildman–Crippen MR) is 400 cm³/mol. The summed E-state index contributed by atoms with van der Waals surface area (Å²) in [5.74, 6) is 3.10. The van der Waals surface area contributed by atoms with Crippen LogP contribution in [0.15, 0.2) is 204 Å². The molecule has 10 aromatic rings. The second-order valence-electron chi connectivity index (χ2n) is 22.2. The third-order valence-electron chi connectivity index (χ3n) is 15.5. The van der Waals surface area contributed by atoms with Crippen molar-refractivity contribution in [3.8, 4) is 22.6 Å². The van der Waals surface area contributed by atoms with Crippen molar-refractivity contribution >= 4 is 115 Å². The van der Waals surface area contributed by atoms with Crippen molar-refractivity contribution in [1.29, 1.82) is 0 Å². The first-order chi connectivity index (χ1) is 48.5. The summed E-state index contributed by atoms with van der Waals surface area (Å²) in [6.45, 7) is 4.53. The molecular formula is C74H76N10O14S4. The van der Waals surface area contributed by atoms with Crippen LogP contribution in [0.25, 0.3) is 47.6 Å². The summed E-state index contributed by atoms with van der Waals surface area (Å²) in [5.41, 5.74) is 8.70. The number of hydrogen-bond acceptors (Lipinski definition) is 22. The van der Waals surface area contributed by atoms with Gasteiger partial charge in [-0.15, -0.1) is 0 Å². The van der Waals surface area contributed by atoms with Crippen LogP contribution in [-0.4, -0.2) is 131 Å². The van der Waals surface area contributed by atoms with Gasteiger partial charge in [0, 0.05) is 61.5 Å². The molecule has 2 aliphatic rings. The Morgan fingerprint density at radius 1 is 0.441 bits per heavy atom. The Bertz CT molecular complexity index is 4540. The van der Waals surface area contributed by atoms with E-state index in [-0.39, 0.29) is 54.1 Å². The Balaban J connectivity index is 0.000000271. The topological polar surface area (TPSA) is 306 Å². The molecule has 28 heteroatoms. The third kappa shape index (κ3) is 21.2. The van der Waals surface area contributed by atoms with E-state index in [2.05, 4.69) is 25.6 Å². The number of nitrogens with zero attached hydrogens (tertiary/aromatic N) is 8. The van der Waals surface area contributed by atoms with Crippen molar-refractivity contribution in [3.63, 3.8) is 0 Å². The Kier molecular flexibility index (Phi) is 27.1. The number of anilines is 6. The minimum Gasteiger partial charge on any atom is -0.379 e. The number of benzene rings is 8. The molecule has 4 N–H and O–H groups in total. The highest BCUT2D eigenvalue weighted by Crippen LogP contribution is 2.31. The highest BCUT2D eigenvalue weighted by Gasteiger charge is 2.24. The molecule has 8 aromatic carbocycles.